The monoisotopic (exact) mass is 884 g/mol. The summed E-state index contributed by atoms with van der Waals surface area (Å²) in [5, 5.41) is 148. The number of carbonyl (C=O) groups is 2. The quantitative estimate of drug-likeness (QED) is 0.0755. The summed E-state index contributed by atoms with van der Waals surface area (Å²) in [7, 11) is 0. The minimum Gasteiger partial charge on any atom is -0.479 e. The number of hydrogen-bond donors (Lipinski definition) is 14. The highest BCUT2D eigenvalue weighted by Crippen LogP contribution is 2.37. The van der Waals surface area contributed by atoms with Crippen molar-refractivity contribution in [1.82, 2.24) is 0 Å². The average Bonchev–Trinajstić information content (AvgIpc) is 3.49. The van der Waals surface area contributed by atoms with Gasteiger partial charge < -0.3 is 124 Å². The van der Waals surface area contributed by atoms with E-state index < -0.39 is 193 Å². The summed E-state index contributed by atoms with van der Waals surface area (Å²) in [6.07, 6.45) is -49.1. The van der Waals surface area contributed by atoms with Crippen LogP contribution < -0.4 is 0 Å². The van der Waals surface area contributed by atoms with Gasteiger partial charge in [-0.15, -0.1) is 0 Å². The van der Waals surface area contributed by atoms with Gasteiger partial charge in [0.25, 0.3) is 0 Å². The van der Waals surface area contributed by atoms with E-state index in [0.29, 0.717) is 0 Å². The van der Waals surface area contributed by atoms with Crippen molar-refractivity contribution in [1.29, 1.82) is 0 Å². The van der Waals surface area contributed by atoms with Crippen molar-refractivity contribution in [3.05, 3.63) is 0 Å². The lowest BCUT2D eigenvalue weighted by Gasteiger charge is -2.49. The van der Waals surface area contributed by atoms with Gasteiger partial charge in [0.2, 0.25) is 0 Å². The van der Waals surface area contributed by atoms with E-state index in [1.807, 2.05) is 0 Å². The zero-order valence-corrected chi connectivity index (χ0v) is 30.8. The fourth-order valence-corrected chi connectivity index (χ4v) is 7.46. The van der Waals surface area contributed by atoms with Crippen LogP contribution >= 0.6 is 0 Å². The molecule has 0 aromatic heterocycles. The second-order valence-corrected chi connectivity index (χ2v) is 14.3. The number of hydrogen-bond acceptors (Lipinski definition) is 27. The number of aliphatic carboxylic acids is 1. The minimum atomic E-state index is -2.33. The summed E-state index contributed by atoms with van der Waals surface area (Å²) in [4.78, 5) is 32.0. The van der Waals surface area contributed by atoms with Gasteiger partial charge in [-0.25, -0.2) is 9.59 Å². The molecule has 346 valence electrons. The Hall–Kier alpha value is -2.22. The van der Waals surface area contributed by atoms with Gasteiger partial charge in [-0.1, -0.05) is 0 Å². The lowest BCUT2D eigenvalue weighted by Crippen LogP contribution is -2.67. The normalized spacial score (nSPS) is 50.3. The molecule has 0 spiro atoms. The van der Waals surface area contributed by atoms with E-state index in [-0.39, 0.29) is 0 Å². The van der Waals surface area contributed by atoms with Crippen LogP contribution in [-0.4, -0.2) is 264 Å². The van der Waals surface area contributed by atoms with Crippen molar-refractivity contribution in [3.63, 3.8) is 0 Å². The maximum absolute atomic E-state index is 12.2. The highest BCUT2D eigenvalue weighted by Gasteiger charge is 2.58. The van der Waals surface area contributed by atoms with E-state index in [1.54, 1.807) is 0 Å². The summed E-state index contributed by atoms with van der Waals surface area (Å²) >= 11 is 0. The van der Waals surface area contributed by atoms with Crippen LogP contribution in [0.1, 0.15) is 0 Å². The topological polar surface area (TPSA) is 437 Å². The van der Waals surface area contributed by atoms with E-state index in [1.165, 1.54) is 0 Å². The lowest BCUT2D eigenvalue weighted by atomic mass is 9.95. The third kappa shape index (κ3) is 9.49. The van der Waals surface area contributed by atoms with Crippen molar-refractivity contribution in [2.75, 3.05) is 33.2 Å². The number of rotatable bonds is 9. The third-order valence-electron chi connectivity index (χ3n) is 10.6. The standard InChI is InChI=1S/C31H48O29/c32-1-6-10(36)13(39)26(50-6)56-21-17(43)29-53-9(4-35)19(21)48-5-49-30-23(15(41)22(59-60-31(46)47)24(58-30)25(44)45)57-27-14(40)12(38)18(8(3-34)52-27)54-28-16(42)20(55-29)11(37)7(2-33)51-28/h6-24,26-30,32-43H,1-5H2,(H,44,45)(H,46,47)/t6-,7+,8+,9+,10-,11-,12+,13+,14+,15-,16+,17+,18-,19+,20+,21+,22+,23+,24-,26+,27+,28-,29+,30-/m0/s1. The largest absolute Gasteiger partial charge is 0.537 e. The smallest absolute Gasteiger partial charge is 0.479 e. The molecule has 0 unspecified atom stereocenters. The zero-order chi connectivity index (χ0) is 43.7. The van der Waals surface area contributed by atoms with Crippen molar-refractivity contribution in [2.45, 2.75) is 147 Å². The lowest BCUT2D eigenvalue weighted by molar-refractivity contribution is -0.405. The summed E-state index contributed by atoms with van der Waals surface area (Å²) in [6.45, 7) is -4.89. The van der Waals surface area contributed by atoms with Crippen LogP contribution in [0.15, 0.2) is 0 Å². The van der Waals surface area contributed by atoms with Gasteiger partial charge in [-0.2, -0.15) is 4.89 Å². The van der Waals surface area contributed by atoms with Gasteiger partial charge in [0.1, 0.15) is 104 Å². The summed E-state index contributed by atoms with van der Waals surface area (Å²) in [5.74, 6) is -1.87. The van der Waals surface area contributed by atoms with Crippen LogP contribution in [0.5, 0.6) is 0 Å². The van der Waals surface area contributed by atoms with E-state index in [9.17, 15) is 76.0 Å². The summed E-state index contributed by atoms with van der Waals surface area (Å²) in [6, 6.07) is 0. The Labute approximate surface area is 336 Å². The number of carboxylic acids is 1. The van der Waals surface area contributed by atoms with Crippen molar-refractivity contribution >= 4 is 12.1 Å². The summed E-state index contributed by atoms with van der Waals surface area (Å²) < 4.78 is 62.1. The predicted octanol–water partition coefficient (Wildman–Crippen LogP) is -9.54. The highest BCUT2D eigenvalue weighted by molar-refractivity contribution is 5.73. The van der Waals surface area contributed by atoms with Crippen LogP contribution in [-0.2, 0) is 66.7 Å². The number of aliphatic hydroxyl groups is 12. The average molecular weight is 885 g/mol. The maximum atomic E-state index is 12.2. The minimum absolute atomic E-state index is 0.802. The second-order valence-electron chi connectivity index (χ2n) is 14.3. The SMILES string of the molecule is O=C(O)OO[C@@H]1[C@H](O)[C@H]2O[C@H]3O[C@H](CO)[C@H](O[C@@H]4O[C@H](CO)[C@H](O)[C@@H](O[C@H]5O[C@H](CO)[C@@H](OCO[C@H]2O[C@@H]1C(=O)O)[C@H](O[C@H]1O[C@@H](CO)[C@H](O)[C@H]1O)[C@H]5O)[C@H]4O)[C@H](O)[C@H]3O. The van der Waals surface area contributed by atoms with E-state index >= 15 is 0 Å². The summed E-state index contributed by atoms with van der Waals surface area (Å²) in [5.41, 5.74) is 0. The van der Waals surface area contributed by atoms with Crippen LogP contribution in [0.3, 0.4) is 0 Å². The molecule has 0 aromatic carbocycles. The van der Waals surface area contributed by atoms with Crippen LogP contribution in [0.4, 0.5) is 4.79 Å². The van der Waals surface area contributed by atoms with Crippen LogP contribution in [0, 0.1) is 0 Å². The highest BCUT2D eigenvalue weighted by atomic mass is 17.2. The Morgan fingerprint density at radius 1 is 0.467 bits per heavy atom. The van der Waals surface area contributed by atoms with Crippen molar-refractivity contribution in [3.8, 4) is 0 Å². The van der Waals surface area contributed by atoms with E-state index in [0.717, 1.165) is 0 Å². The molecule has 0 radical (unpaired) electrons. The van der Waals surface area contributed by atoms with Gasteiger partial charge >= 0.3 is 12.1 Å². The van der Waals surface area contributed by atoms with Gasteiger partial charge in [-0.3, -0.25) is 4.89 Å². The number of aliphatic hydroxyl groups excluding tert-OH is 12. The molecule has 0 aliphatic carbocycles. The molecule has 24 atom stereocenters. The zero-order valence-electron chi connectivity index (χ0n) is 30.8. The van der Waals surface area contributed by atoms with Crippen molar-refractivity contribution in [2.24, 2.45) is 0 Å². The Morgan fingerprint density at radius 2 is 1.02 bits per heavy atom. The van der Waals surface area contributed by atoms with Gasteiger partial charge in [0, 0.05) is 0 Å². The fraction of sp³-hybridized carbons (Fsp3) is 0.935. The molecule has 60 heavy (non-hydrogen) atoms. The Bertz CT molecular complexity index is 1410. The number of ether oxygens (including phenoxy) is 11. The Kier molecular flexibility index (Phi) is 15.8. The molecule has 0 amide bonds. The molecule has 9 saturated heterocycles. The second kappa shape index (κ2) is 20.1. The molecule has 9 aliphatic heterocycles. The van der Waals surface area contributed by atoms with E-state index in [2.05, 4.69) is 9.78 Å². The van der Waals surface area contributed by atoms with Crippen LogP contribution in [0.25, 0.3) is 0 Å². The molecule has 29 nitrogen and oxygen atoms in total. The molecule has 0 aromatic rings. The van der Waals surface area contributed by atoms with Gasteiger partial charge in [0.05, 0.1) is 26.4 Å². The first kappa shape index (κ1) is 47.3. The van der Waals surface area contributed by atoms with Crippen LogP contribution in [0.2, 0.25) is 0 Å². The Balaban J connectivity index is 1.39. The molecule has 9 fully saturated rings. The molecule has 9 heterocycles. The molecule has 14 N–H and O–H groups in total. The first-order valence-corrected chi connectivity index (χ1v) is 18.3. The number of carboxylic acid groups (broad SMARTS) is 2. The third-order valence-corrected chi connectivity index (χ3v) is 10.6. The first-order valence-electron chi connectivity index (χ1n) is 18.3. The molecule has 9 aliphatic rings. The van der Waals surface area contributed by atoms with E-state index in [4.69, 9.17) is 57.2 Å². The van der Waals surface area contributed by atoms with Gasteiger partial charge in [0.15, 0.2) is 50.5 Å². The molecule has 0 saturated carbocycles. The van der Waals surface area contributed by atoms with Gasteiger partial charge in [-0.05, 0) is 0 Å². The molecule has 6 bridgehead atoms. The fourth-order valence-electron chi connectivity index (χ4n) is 7.46. The predicted molar refractivity (Wildman–Crippen MR) is 172 cm³/mol. The molecule has 29 heteroatoms. The first-order chi connectivity index (χ1) is 28.5. The maximum Gasteiger partial charge on any atom is 0.537 e. The van der Waals surface area contributed by atoms with Crippen molar-refractivity contribution < 1.29 is 143 Å². The molecule has 9 rings (SSSR count). The Morgan fingerprint density at radius 3 is 1.62 bits per heavy atom. The molecular weight excluding hydrogens is 836 g/mol. The molecular formula is C31H48O29.